The summed E-state index contributed by atoms with van der Waals surface area (Å²) in [6.45, 7) is 3.34. The number of benzene rings is 2. The van der Waals surface area contributed by atoms with Crippen molar-refractivity contribution >= 4 is 27.8 Å². The topological polar surface area (TPSA) is 91.7 Å². The molecular weight excluding hydrogens is 400 g/mol. The number of hydrogen-bond acceptors (Lipinski definition) is 5. The minimum Gasteiger partial charge on any atom is -0.271 e. The number of pyridine rings is 1. The van der Waals surface area contributed by atoms with Crippen molar-refractivity contribution in [1.29, 1.82) is 0 Å². The van der Waals surface area contributed by atoms with Crippen LogP contribution >= 0.6 is 0 Å². The summed E-state index contributed by atoms with van der Waals surface area (Å²) in [6.07, 6.45) is 3.00. The summed E-state index contributed by atoms with van der Waals surface area (Å²) in [6, 6.07) is 18.7. The fraction of sp³-hybridized carbons (Fsp3) is 0.136. The van der Waals surface area contributed by atoms with Crippen LogP contribution in [0.1, 0.15) is 16.8 Å². The lowest BCUT2D eigenvalue weighted by molar-refractivity contribution is -0.119. The van der Waals surface area contributed by atoms with E-state index in [4.69, 9.17) is 0 Å². The maximum atomic E-state index is 13.3. The predicted molar refractivity (Wildman–Crippen MR) is 117 cm³/mol. The molecule has 0 spiro atoms. The van der Waals surface area contributed by atoms with Crippen molar-refractivity contribution < 1.29 is 13.2 Å². The standard InChI is InChI=1S/C22H22N4O3S/c1-17-12-18(2)14-20(13-17)26(30(28,29)21-9-4-3-5-10-21)16-22(27)25-24-15-19-8-6-7-11-23-19/h3-15H,16H2,1-2H3,(H,25,27)/b24-15+. The Labute approximate surface area is 176 Å². The van der Waals surface area contributed by atoms with Crippen molar-refractivity contribution in [2.24, 2.45) is 5.10 Å². The van der Waals surface area contributed by atoms with Gasteiger partial charge in [-0.15, -0.1) is 0 Å². The first kappa shape index (κ1) is 21.2. The largest absolute Gasteiger partial charge is 0.271 e. The summed E-state index contributed by atoms with van der Waals surface area (Å²) in [4.78, 5) is 16.7. The van der Waals surface area contributed by atoms with Crippen molar-refractivity contribution in [1.82, 2.24) is 10.4 Å². The van der Waals surface area contributed by atoms with Gasteiger partial charge in [0.15, 0.2) is 0 Å². The molecular formula is C22H22N4O3S. The molecule has 1 heterocycles. The molecule has 0 fully saturated rings. The van der Waals surface area contributed by atoms with E-state index in [0.29, 0.717) is 11.4 Å². The second kappa shape index (κ2) is 9.32. The molecule has 0 radical (unpaired) electrons. The zero-order valence-corrected chi connectivity index (χ0v) is 17.5. The highest BCUT2D eigenvalue weighted by Gasteiger charge is 2.27. The number of hydrogen-bond donors (Lipinski definition) is 1. The Bertz CT molecular complexity index is 1130. The number of sulfonamides is 1. The summed E-state index contributed by atoms with van der Waals surface area (Å²) < 4.78 is 27.7. The quantitative estimate of drug-likeness (QED) is 0.468. The van der Waals surface area contributed by atoms with Crippen LogP contribution in [0.25, 0.3) is 0 Å². The molecule has 3 rings (SSSR count). The first-order chi connectivity index (χ1) is 14.4. The van der Waals surface area contributed by atoms with Gasteiger partial charge in [0.2, 0.25) is 0 Å². The van der Waals surface area contributed by atoms with E-state index < -0.39 is 22.5 Å². The van der Waals surface area contributed by atoms with E-state index >= 15 is 0 Å². The minimum atomic E-state index is -3.95. The van der Waals surface area contributed by atoms with Crippen LogP contribution in [-0.4, -0.2) is 32.1 Å². The number of nitrogens with zero attached hydrogens (tertiary/aromatic N) is 3. The van der Waals surface area contributed by atoms with Gasteiger partial charge < -0.3 is 0 Å². The van der Waals surface area contributed by atoms with Crippen LogP contribution in [0, 0.1) is 13.8 Å². The van der Waals surface area contributed by atoms with Crippen LogP contribution in [-0.2, 0) is 14.8 Å². The van der Waals surface area contributed by atoms with Crippen LogP contribution < -0.4 is 9.73 Å². The predicted octanol–water partition coefficient (Wildman–Crippen LogP) is 3.04. The molecule has 3 aromatic rings. The fourth-order valence-corrected chi connectivity index (χ4v) is 4.34. The molecule has 154 valence electrons. The van der Waals surface area contributed by atoms with Gasteiger partial charge in [-0.2, -0.15) is 5.10 Å². The molecule has 8 heteroatoms. The number of hydrazone groups is 1. The van der Waals surface area contributed by atoms with Gasteiger partial charge in [0, 0.05) is 6.20 Å². The first-order valence-corrected chi connectivity index (χ1v) is 10.7. The van der Waals surface area contributed by atoms with Crippen molar-refractivity contribution in [3.63, 3.8) is 0 Å². The van der Waals surface area contributed by atoms with Crippen LogP contribution in [0.2, 0.25) is 0 Å². The lowest BCUT2D eigenvalue weighted by Gasteiger charge is -2.24. The second-order valence-electron chi connectivity index (χ2n) is 6.72. The number of nitrogens with one attached hydrogen (secondary N) is 1. The normalized spacial score (nSPS) is 11.4. The third-order valence-electron chi connectivity index (χ3n) is 4.19. The van der Waals surface area contributed by atoms with Crippen molar-refractivity contribution in [2.45, 2.75) is 18.7 Å². The summed E-state index contributed by atoms with van der Waals surface area (Å²) >= 11 is 0. The Kier molecular flexibility index (Phi) is 6.58. The molecule has 2 aromatic carbocycles. The van der Waals surface area contributed by atoms with E-state index in [1.165, 1.54) is 18.3 Å². The lowest BCUT2D eigenvalue weighted by Crippen LogP contribution is -2.39. The van der Waals surface area contributed by atoms with Gasteiger partial charge in [-0.05, 0) is 61.4 Å². The molecule has 1 aromatic heterocycles. The third-order valence-corrected chi connectivity index (χ3v) is 5.97. The molecule has 0 aliphatic carbocycles. The molecule has 0 unspecified atom stereocenters. The van der Waals surface area contributed by atoms with Gasteiger partial charge >= 0.3 is 0 Å². The third kappa shape index (κ3) is 5.30. The summed E-state index contributed by atoms with van der Waals surface area (Å²) in [5.41, 5.74) is 5.15. The van der Waals surface area contributed by atoms with E-state index in [9.17, 15) is 13.2 Å². The molecule has 7 nitrogen and oxygen atoms in total. The van der Waals surface area contributed by atoms with Crippen LogP contribution in [0.5, 0.6) is 0 Å². The van der Waals surface area contributed by atoms with E-state index in [1.54, 1.807) is 54.7 Å². The van der Waals surface area contributed by atoms with Gasteiger partial charge in [0.1, 0.15) is 6.54 Å². The zero-order valence-electron chi connectivity index (χ0n) is 16.7. The lowest BCUT2D eigenvalue weighted by atomic mass is 10.1. The number of rotatable bonds is 7. The number of anilines is 1. The highest BCUT2D eigenvalue weighted by atomic mass is 32.2. The maximum Gasteiger partial charge on any atom is 0.264 e. The van der Waals surface area contributed by atoms with Crippen LogP contribution in [0.3, 0.4) is 0 Å². The summed E-state index contributed by atoms with van der Waals surface area (Å²) in [5, 5.41) is 3.87. The van der Waals surface area contributed by atoms with Gasteiger partial charge in [0.05, 0.1) is 22.5 Å². The molecule has 0 atom stereocenters. The van der Waals surface area contributed by atoms with Crippen LogP contribution in [0.15, 0.2) is 82.9 Å². The highest BCUT2D eigenvalue weighted by molar-refractivity contribution is 7.92. The first-order valence-electron chi connectivity index (χ1n) is 9.25. The van der Waals surface area contributed by atoms with Gasteiger partial charge in [0.25, 0.3) is 15.9 Å². The number of carbonyl (C=O) groups is 1. The molecule has 0 aliphatic rings. The molecule has 0 saturated heterocycles. The van der Waals surface area contributed by atoms with Gasteiger partial charge in [-0.25, -0.2) is 13.8 Å². The SMILES string of the molecule is Cc1cc(C)cc(N(CC(=O)N/N=C/c2ccccn2)S(=O)(=O)c2ccccc2)c1. The monoisotopic (exact) mass is 422 g/mol. The maximum absolute atomic E-state index is 13.3. The Morgan fingerprint density at radius 1 is 1.03 bits per heavy atom. The van der Waals surface area contributed by atoms with Crippen molar-refractivity contribution in [3.05, 3.63) is 89.7 Å². The fourth-order valence-electron chi connectivity index (χ4n) is 2.92. The highest BCUT2D eigenvalue weighted by Crippen LogP contribution is 2.25. The van der Waals surface area contributed by atoms with Crippen molar-refractivity contribution in [2.75, 3.05) is 10.8 Å². The van der Waals surface area contributed by atoms with Gasteiger partial charge in [-0.1, -0.05) is 30.3 Å². The average molecular weight is 423 g/mol. The van der Waals surface area contributed by atoms with Crippen LogP contribution in [0.4, 0.5) is 5.69 Å². The number of aromatic nitrogens is 1. The second-order valence-corrected chi connectivity index (χ2v) is 8.58. The number of aryl methyl sites for hydroxylation is 2. The Balaban J connectivity index is 1.88. The average Bonchev–Trinajstić information content (AvgIpc) is 2.72. The molecule has 0 bridgehead atoms. The summed E-state index contributed by atoms with van der Waals surface area (Å²) in [5.74, 6) is -0.569. The van der Waals surface area contributed by atoms with Crippen molar-refractivity contribution in [3.8, 4) is 0 Å². The molecule has 1 N–H and O–H groups in total. The van der Waals surface area contributed by atoms with E-state index in [-0.39, 0.29) is 4.90 Å². The minimum absolute atomic E-state index is 0.106. The number of amides is 1. The molecule has 1 amide bonds. The Morgan fingerprint density at radius 3 is 2.33 bits per heavy atom. The Hall–Kier alpha value is -3.52. The van der Waals surface area contributed by atoms with E-state index in [1.807, 2.05) is 19.9 Å². The van der Waals surface area contributed by atoms with Gasteiger partial charge in [-0.3, -0.25) is 14.1 Å². The zero-order chi connectivity index (χ0) is 21.6. The number of carbonyl (C=O) groups excluding carboxylic acids is 1. The molecule has 0 aliphatic heterocycles. The summed E-state index contributed by atoms with van der Waals surface area (Å²) in [7, 11) is -3.95. The van der Waals surface area contributed by atoms with E-state index in [2.05, 4.69) is 15.5 Å². The Morgan fingerprint density at radius 2 is 1.70 bits per heavy atom. The molecule has 0 saturated carbocycles. The van der Waals surface area contributed by atoms with E-state index in [0.717, 1.165) is 15.4 Å². The smallest absolute Gasteiger partial charge is 0.264 e. The molecule has 30 heavy (non-hydrogen) atoms.